The molecule has 94 valence electrons. The zero-order valence-electron chi connectivity index (χ0n) is 10.2. The third-order valence-electron chi connectivity index (χ3n) is 2.55. The average molecular weight is 245 g/mol. The van der Waals surface area contributed by atoms with Crippen LogP contribution in [0.5, 0.6) is 5.75 Å². The summed E-state index contributed by atoms with van der Waals surface area (Å²) in [6.45, 7) is 0.989. The third-order valence-corrected chi connectivity index (χ3v) is 2.55. The van der Waals surface area contributed by atoms with Gasteiger partial charge in [-0.05, 0) is 18.2 Å². The van der Waals surface area contributed by atoms with Gasteiger partial charge in [0.2, 0.25) is 0 Å². The number of para-hydroxylation sites is 1. The number of rotatable bonds is 5. The largest absolute Gasteiger partial charge is 0.492 e. The first-order chi connectivity index (χ1) is 8.77. The van der Waals surface area contributed by atoms with Gasteiger partial charge >= 0.3 is 0 Å². The van der Waals surface area contributed by atoms with E-state index in [9.17, 15) is 4.79 Å². The van der Waals surface area contributed by atoms with E-state index in [1.54, 1.807) is 18.0 Å². The van der Waals surface area contributed by atoms with Crippen molar-refractivity contribution in [1.29, 1.82) is 0 Å². The average Bonchev–Trinajstić information content (AvgIpc) is 2.93. The van der Waals surface area contributed by atoms with Crippen LogP contribution in [0.15, 0.2) is 53.3 Å². The highest BCUT2D eigenvalue weighted by Gasteiger charge is 2.12. The van der Waals surface area contributed by atoms with Gasteiger partial charge in [0.1, 0.15) is 18.6 Å². The quantitative estimate of drug-likeness (QED) is 0.812. The maximum absolute atomic E-state index is 11.9. The minimum absolute atomic E-state index is 0.0691. The van der Waals surface area contributed by atoms with Crippen LogP contribution in [0.1, 0.15) is 10.4 Å². The summed E-state index contributed by atoms with van der Waals surface area (Å²) in [5.74, 6) is 0.738. The number of amides is 1. The molecule has 4 heteroatoms. The van der Waals surface area contributed by atoms with E-state index in [-0.39, 0.29) is 5.91 Å². The van der Waals surface area contributed by atoms with Gasteiger partial charge in [-0.15, -0.1) is 0 Å². The Bertz CT molecular complexity index is 479. The molecular formula is C14H15NO3. The highest BCUT2D eigenvalue weighted by molar-refractivity contribution is 5.93. The van der Waals surface area contributed by atoms with Crippen LogP contribution in [0.25, 0.3) is 0 Å². The van der Waals surface area contributed by atoms with E-state index in [2.05, 4.69) is 0 Å². The van der Waals surface area contributed by atoms with Crippen LogP contribution in [0.3, 0.4) is 0 Å². The first-order valence-electron chi connectivity index (χ1n) is 5.73. The lowest BCUT2D eigenvalue weighted by Crippen LogP contribution is -2.30. The van der Waals surface area contributed by atoms with E-state index in [1.165, 1.54) is 12.5 Å². The number of furan rings is 1. The van der Waals surface area contributed by atoms with Crippen LogP contribution in [0, 0.1) is 0 Å². The van der Waals surface area contributed by atoms with Crippen LogP contribution in [0.4, 0.5) is 0 Å². The van der Waals surface area contributed by atoms with E-state index >= 15 is 0 Å². The van der Waals surface area contributed by atoms with Gasteiger partial charge in [-0.2, -0.15) is 0 Å². The molecule has 0 unspecified atom stereocenters. The first-order valence-corrected chi connectivity index (χ1v) is 5.73. The molecule has 1 heterocycles. The molecule has 2 rings (SSSR count). The lowest BCUT2D eigenvalue weighted by molar-refractivity contribution is 0.0773. The molecule has 0 saturated carbocycles. The lowest BCUT2D eigenvalue weighted by Gasteiger charge is -2.16. The van der Waals surface area contributed by atoms with Crippen LogP contribution >= 0.6 is 0 Å². The van der Waals surface area contributed by atoms with Gasteiger partial charge in [0.25, 0.3) is 5.91 Å². The lowest BCUT2D eigenvalue weighted by atomic mass is 10.3. The molecule has 0 N–H and O–H groups in total. The fourth-order valence-corrected chi connectivity index (χ4v) is 1.53. The van der Waals surface area contributed by atoms with E-state index in [0.29, 0.717) is 18.7 Å². The van der Waals surface area contributed by atoms with Gasteiger partial charge in [0, 0.05) is 7.05 Å². The van der Waals surface area contributed by atoms with Crippen molar-refractivity contribution in [3.8, 4) is 5.75 Å². The maximum Gasteiger partial charge on any atom is 0.256 e. The highest BCUT2D eigenvalue weighted by atomic mass is 16.5. The second-order valence-corrected chi connectivity index (χ2v) is 3.90. The van der Waals surface area contributed by atoms with E-state index in [1.807, 2.05) is 30.3 Å². The molecule has 1 amide bonds. The Labute approximate surface area is 106 Å². The van der Waals surface area contributed by atoms with Crippen molar-refractivity contribution in [1.82, 2.24) is 4.90 Å². The molecular weight excluding hydrogens is 230 g/mol. The molecule has 18 heavy (non-hydrogen) atoms. The third kappa shape index (κ3) is 3.13. The van der Waals surface area contributed by atoms with E-state index in [0.717, 1.165) is 5.75 Å². The van der Waals surface area contributed by atoms with Crippen molar-refractivity contribution in [3.63, 3.8) is 0 Å². The number of carbonyl (C=O) groups is 1. The highest BCUT2D eigenvalue weighted by Crippen LogP contribution is 2.08. The number of hydrogen-bond acceptors (Lipinski definition) is 3. The number of nitrogens with zero attached hydrogens (tertiary/aromatic N) is 1. The zero-order valence-corrected chi connectivity index (χ0v) is 10.2. The Morgan fingerprint density at radius 3 is 2.72 bits per heavy atom. The number of ether oxygens (including phenoxy) is 1. The summed E-state index contributed by atoms with van der Waals surface area (Å²) in [5, 5.41) is 0. The number of carbonyl (C=O) groups excluding carboxylic acids is 1. The number of benzene rings is 1. The number of likely N-dealkylation sites (N-methyl/N-ethyl adjacent to an activating group) is 1. The van der Waals surface area contributed by atoms with Crippen LogP contribution in [-0.2, 0) is 0 Å². The molecule has 2 aromatic rings. The fraction of sp³-hybridized carbons (Fsp3) is 0.214. The first kappa shape index (κ1) is 12.2. The van der Waals surface area contributed by atoms with Crippen molar-refractivity contribution in [3.05, 3.63) is 54.5 Å². The zero-order chi connectivity index (χ0) is 12.8. The molecule has 1 aromatic carbocycles. The standard InChI is InChI=1S/C14H15NO3/c1-15(14(16)12-7-9-17-11-12)8-10-18-13-5-3-2-4-6-13/h2-7,9,11H,8,10H2,1H3. The molecule has 0 bridgehead atoms. The van der Waals surface area contributed by atoms with Crippen LogP contribution in [-0.4, -0.2) is 31.0 Å². The molecule has 1 aromatic heterocycles. The second kappa shape index (κ2) is 5.91. The normalized spacial score (nSPS) is 10.1. The minimum atomic E-state index is -0.0691. The predicted octanol–water partition coefficient (Wildman–Crippen LogP) is 2.43. The molecule has 0 spiro atoms. The van der Waals surface area contributed by atoms with Gasteiger partial charge in [0.15, 0.2) is 0 Å². The minimum Gasteiger partial charge on any atom is -0.492 e. The monoisotopic (exact) mass is 245 g/mol. The summed E-state index contributed by atoms with van der Waals surface area (Å²) >= 11 is 0. The smallest absolute Gasteiger partial charge is 0.256 e. The molecule has 0 aliphatic heterocycles. The Kier molecular flexibility index (Phi) is 4.02. The van der Waals surface area contributed by atoms with Crippen molar-refractivity contribution >= 4 is 5.91 Å². The number of hydrogen-bond donors (Lipinski definition) is 0. The SMILES string of the molecule is CN(CCOc1ccccc1)C(=O)c1ccoc1. The summed E-state index contributed by atoms with van der Waals surface area (Å²) in [6.07, 6.45) is 2.93. The fourth-order valence-electron chi connectivity index (χ4n) is 1.53. The van der Waals surface area contributed by atoms with Crippen LogP contribution < -0.4 is 4.74 Å². The Hall–Kier alpha value is -2.23. The Morgan fingerprint density at radius 2 is 2.06 bits per heavy atom. The van der Waals surface area contributed by atoms with Gasteiger partial charge in [0.05, 0.1) is 18.4 Å². The summed E-state index contributed by atoms with van der Waals surface area (Å²) in [6, 6.07) is 11.2. The van der Waals surface area contributed by atoms with Gasteiger partial charge < -0.3 is 14.1 Å². The summed E-state index contributed by atoms with van der Waals surface area (Å²) in [4.78, 5) is 13.5. The van der Waals surface area contributed by atoms with E-state index < -0.39 is 0 Å². The summed E-state index contributed by atoms with van der Waals surface area (Å²) in [7, 11) is 1.74. The van der Waals surface area contributed by atoms with Crippen molar-refractivity contribution in [2.75, 3.05) is 20.2 Å². The van der Waals surface area contributed by atoms with Crippen molar-refractivity contribution in [2.24, 2.45) is 0 Å². The molecule has 4 nitrogen and oxygen atoms in total. The van der Waals surface area contributed by atoms with Gasteiger partial charge in [-0.3, -0.25) is 4.79 Å². The molecule has 0 atom stereocenters. The molecule has 0 aliphatic carbocycles. The van der Waals surface area contributed by atoms with Crippen LogP contribution in [0.2, 0.25) is 0 Å². The summed E-state index contributed by atoms with van der Waals surface area (Å²) in [5.41, 5.74) is 0.553. The Balaban J connectivity index is 1.79. The maximum atomic E-state index is 11.9. The van der Waals surface area contributed by atoms with Gasteiger partial charge in [-0.1, -0.05) is 18.2 Å². The summed E-state index contributed by atoms with van der Waals surface area (Å²) < 4.78 is 10.4. The van der Waals surface area contributed by atoms with Crippen molar-refractivity contribution < 1.29 is 13.9 Å². The van der Waals surface area contributed by atoms with E-state index in [4.69, 9.17) is 9.15 Å². The molecule has 0 radical (unpaired) electrons. The Morgan fingerprint density at radius 1 is 1.28 bits per heavy atom. The van der Waals surface area contributed by atoms with Crippen molar-refractivity contribution in [2.45, 2.75) is 0 Å². The predicted molar refractivity (Wildman–Crippen MR) is 67.6 cm³/mol. The topological polar surface area (TPSA) is 42.7 Å². The molecule has 0 saturated heterocycles. The second-order valence-electron chi connectivity index (χ2n) is 3.90. The molecule has 0 aliphatic rings. The molecule has 0 fully saturated rings. The van der Waals surface area contributed by atoms with Gasteiger partial charge in [-0.25, -0.2) is 0 Å².